The van der Waals surface area contributed by atoms with Gasteiger partial charge in [-0.2, -0.15) is 10.1 Å². The molecule has 0 radical (unpaired) electrons. The number of nitrogen functional groups attached to an aromatic ring is 1. The molecule has 0 bridgehead atoms. The van der Waals surface area contributed by atoms with Gasteiger partial charge in [-0.25, -0.2) is 4.98 Å². The molecule has 10 heteroatoms. The molecular weight excluding hydrogens is 458 g/mol. The summed E-state index contributed by atoms with van der Waals surface area (Å²) in [7, 11) is 1.70. The van der Waals surface area contributed by atoms with Crippen LogP contribution in [0.25, 0.3) is 11.0 Å². The average molecular weight is 498 g/mol. The molecule has 0 amide bonds. The summed E-state index contributed by atoms with van der Waals surface area (Å²) in [6.45, 7) is 8.38. The van der Waals surface area contributed by atoms with Crippen LogP contribution in [0.3, 0.4) is 0 Å². The maximum absolute atomic E-state index is 9.62. The number of ether oxygens (including phenoxy) is 2. The number of methoxy groups -OCH3 is 1. The summed E-state index contributed by atoms with van der Waals surface area (Å²) in [5, 5.41) is 18.1. The Labute approximate surface area is 212 Å². The van der Waals surface area contributed by atoms with Crippen LogP contribution in [0.5, 0.6) is 5.75 Å². The highest BCUT2D eigenvalue weighted by atomic mass is 16.5. The molecule has 1 aliphatic heterocycles. The van der Waals surface area contributed by atoms with Gasteiger partial charge in [0.25, 0.3) is 0 Å². The fraction of sp³-hybridized carbons (Fsp3) is 0.577. The summed E-state index contributed by atoms with van der Waals surface area (Å²) in [5.41, 5.74) is 10.6. The van der Waals surface area contributed by atoms with Gasteiger partial charge in [0, 0.05) is 44.5 Å². The molecule has 196 valence electrons. The van der Waals surface area contributed by atoms with E-state index in [4.69, 9.17) is 20.3 Å². The molecule has 4 rings (SSSR count). The van der Waals surface area contributed by atoms with E-state index in [1.165, 1.54) is 5.56 Å². The molecule has 4 N–H and O–H groups in total. The molecule has 1 aromatic carbocycles. The lowest BCUT2D eigenvalue weighted by Gasteiger charge is -2.23. The second-order valence-corrected chi connectivity index (χ2v) is 9.32. The van der Waals surface area contributed by atoms with Gasteiger partial charge in [0.1, 0.15) is 11.3 Å². The van der Waals surface area contributed by atoms with E-state index in [9.17, 15) is 5.11 Å². The molecule has 0 spiro atoms. The standard InChI is InChI=1S/C26H39N7O3/c1-4-5-10-32(11-12-34)25-24-23(29-26(27)30-25)18(2)33(31-24)17-20-7-6-19(15-22(20)35-3)16-28-21-8-13-36-14-9-21/h6-7,15,21,28,34H,4-5,8-14,16-17H2,1-3H3,(H2,27,29). The van der Waals surface area contributed by atoms with Gasteiger partial charge in [0.2, 0.25) is 5.95 Å². The largest absolute Gasteiger partial charge is 0.496 e. The van der Waals surface area contributed by atoms with E-state index in [1.54, 1.807) is 7.11 Å². The number of anilines is 2. The summed E-state index contributed by atoms with van der Waals surface area (Å²) in [5.74, 6) is 1.71. The molecule has 2 aromatic heterocycles. The van der Waals surface area contributed by atoms with Crippen LogP contribution in [0.2, 0.25) is 0 Å². The third-order valence-electron chi connectivity index (χ3n) is 6.77. The van der Waals surface area contributed by atoms with Crippen molar-refractivity contribution in [3.05, 3.63) is 35.0 Å². The second-order valence-electron chi connectivity index (χ2n) is 9.32. The molecule has 1 saturated heterocycles. The first-order valence-corrected chi connectivity index (χ1v) is 12.9. The molecule has 0 unspecified atom stereocenters. The van der Waals surface area contributed by atoms with Crippen LogP contribution in [-0.4, -0.2) is 70.9 Å². The van der Waals surface area contributed by atoms with Crippen LogP contribution in [0.4, 0.5) is 11.8 Å². The molecule has 3 aromatic rings. The Morgan fingerprint density at radius 3 is 2.75 bits per heavy atom. The zero-order valence-electron chi connectivity index (χ0n) is 21.7. The minimum atomic E-state index is 0.0295. The Morgan fingerprint density at radius 1 is 1.22 bits per heavy atom. The second kappa shape index (κ2) is 12.3. The van der Waals surface area contributed by atoms with Gasteiger partial charge in [-0.3, -0.25) is 4.68 Å². The maximum Gasteiger partial charge on any atom is 0.222 e. The van der Waals surface area contributed by atoms with Crippen LogP contribution >= 0.6 is 0 Å². The van der Waals surface area contributed by atoms with Gasteiger partial charge >= 0.3 is 0 Å². The summed E-state index contributed by atoms with van der Waals surface area (Å²) >= 11 is 0. The SMILES string of the molecule is CCCCN(CCO)c1nc(N)nc2c(C)n(Cc3ccc(CNC4CCOCC4)cc3OC)nc12. The molecular formula is C26H39N7O3. The summed E-state index contributed by atoms with van der Waals surface area (Å²) in [4.78, 5) is 11.0. The fourth-order valence-electron chi connectivity index (χ4n) is 4.64. The van der Waals surface area contributed by atoms with Crippen molar-refractivity contribution in [2.75, 3.05) is 50.7 Å². The van der Waals surface area contributed by atoms with Crippen molar-refractivity contribution in [1.29, 1.82) is 0 Å². The molecule has 1 fully saturated rings. The molecule has 0 aliphatic carbocycles. The highest BCUT2D eigenvalue weighted by molar-refractivity contribution is 5.88. The van der Waals surface area contributed by atoms with Crippen LogP contribution in [0, 0.1) is 6.92 Å². The Morgan fingerprint density at radius 2 is 2.03 bits per heavy atom. The number of aryl methyl sites for hydroxylation is 1. The van der Waals surface area contributed by atoms with Crippen molar-refractivity contribution in [2.24, 2.45) is 0 Å². The minimum absolute atomic E-state index is 0.0295. The van der Waals surface area contributed by atoms with Gasteiger partial charge in [-0.05, 0) is 37.8 Å². The molecule has 10 nitrogen and oxygen atoms in total. The first-order chi connectivity index (χ1) is 17.5. The third-order valence-corrected chi connectivity index (χ3v) is 6.77. The lowest BCUT2D eigenvalue weighted by atomic mass is 10.1. The number of nitrogens with two attached hydrogens (primary N) is 1. The van der Waals surface area contributed by atoms with Crippen molar-refractivity contribution in [2.45, 2.75) is 58.7 Å². The van der Waals surface area contributed by atoms with Crippen LogP contribution < -0.4 is 20.7 Å². The van der Waals surface area contributed by atoms with Crippen LogP contribution in [0.15, 0.2) is 18.2 Å². The van der Waals surface area contributed by atoms with E-state index in [1.807, 2.05) is 16.5 Å². The number of aromatic nitrogens is 4. The van der Waals surface area contributed by atoms with Crippen LogP contribution in [0.1, 0.15) is 49.4 Å². The average Bonchev–Trinajstić information content (AvgIpc) is 3.20. The molecule has 0 atom stereocenters. The third kappa shape index (κ3) is 6.05. The van der Waals surface area contributed by atoms with Crippen molar-refractivity contribution in [3.8, 4) is 5.75 Å². The topological polar surface area (TPSA) is 124 Å². The number of nitrogens with zero attached hydrogens (tertiary/aromatic N) is 5. The van der Waals surface area contributed by atoms with E-state index in [0.717, 1.165) is 74.5 Å². The molecule has 36 heavy (non-hydrogen) atoms. The Balaban J connectivity index is 1.58. The van der Waals surface area contributed by atoms with E-state index in [0.29, 0.717) is 30.5 Å². The quantitative estimate of drug-likeness (QED) is 0.346. The van der Waals surface area contributed by atoms with E-state index in [2.05, 4.69) is 40.4 Å². The van der Waals surface area contributed by atoms with E-state index < -0.39 is 0 Å². The number of benzene rings is 1. The zero-order chi connectivity index (χ0) is 25.5. The molecule has 0 saturated carbocycles. The Kier molecular flexibility index (Phi) is 8.95. The number of unbranched alkanes of at least 4 members (excludes halogenated alkanes) is 1. The van der Waals surface area contributed by atoms with E-state index >= 15 is 0 Å². The maximum atomic E-state index is 9.62. The van der Waals surface area contributed by atoms with Crippen molar-refractivity contribution >= 4 is 22.8 Å². The Bertz CT molecular complexity index is 1140. The first-order valence-electron chi connectivity index (χ1n) is 12.9. The van der Waals surface area contributed by atoms with Gasteiger partial charge in [0.15, 0.2) is 11.3 Å². The minimum Gasteiger partial charge on any atom is -0.496 e. The lowest BCUT2D eigenvalue weighted by molar-refractivity contribution is 0.0776. The summed E-state index contributed by atoms with van der Waals surface area (Å²) in [6.07, 6.45) is 4.12. The number of aliphatic hydroxyl groups is 1. The van der Waals surface area contributed by atoms with Gasteiger partial charge in [-0.15, -0.1) is 0 Å². The number of hydrogen-bond acceptors (Lipinski definition) is 9. The number of rotatable bonds is 12. The highest BCUT2D eigenvalue weighted by Crippen LogP contribution is 2.28. The first kappa shape index (κ1) is 26.1. The number of nitrogens with one attached hydrogen (secondary N) is 1. The zero-order valence-corrected chi connectivity index (χ0v) is 21.7. The molecule has 1 aliphatic rings. The lowest BCUT2D eigenvalue weighted by Crippen LogP contribution is -2.34. The predicted octanol–water partition coefficient (Wildman–Crippen LogP) is 2.64. The number of fused-ring (bicyclic) bond motifs is 1. The van der Waals surface area contributed by atoms with E-state index in [-0.39, 0.29) is 12.6 Å². The van der Waals surface area contributed by atoms with Crippen molar-refractivity contribution < 1.29 is 14.6 Å². The Hall–Kier alpha value is -2.95. The fourth-order valence-corrected chi connectivity index (χ4v) is 4.64. The smallest absolute Gasteiger partial charge is 0.222 e. The van der Waals surface area contributed by atoms with Gasteiger partial charge < -0.3 is 30.5 Å². The summed E-state index contributed by atoms with van der Waals surface area (Å²) in [6, 6.07) is 6.83. The summed E-state index contributed by atoms with van der Waals surface area (Å²) < 4.78 is 13.1. The molecule has 3 heterocycles. The monoisotopic (exact) mass is 497 g/mol. The predicted molar refractivity (Wildman–Crippen MR) is 141 cm³/mol. The normalized spacial score (nSPS) is 14.4. The van der Waals surface area contributed by atoms with Crippen molar-refractivity contribution in [3.63, 3.8) is 0 Å². The van der Waals surface area contributed by atoms with Crippen molar-refractivity contribution in [1.82, 2.24) is 25.1 Å². The van der Waals surface area contributed by atoms with Crippen LogP contribution in [-0.2, 0) is 17.8 Å². The van der Waals surface area contributed by atoms with Gasteiger partial charge in [0.05, 0.1) is 26.0 Å². The van der Waals surface area contributed by atoms with Gasteiger partial charge in [-0.1, -0.05) is 25.5 Å². The number of hydrogen-bond donors (Lipinski definition) is 3. The number of aliphatic hydroxyl groups excluding tert-OH is 1. The highest BCUT2D eigenvalue weighted by Gasteiger charge is 2.20.